The van der Waals surface area contributed by atoms with Gasteiger partial charge in [0.1, 0.15) is 0 Å². The Balaban J connectivity index is 2.40. The first-order chi connectivity index (χ1) is 13.3. The lowest BCUT2D eigenvalue weighted by Crippen LogP contribution is -2.46. The number of carbonyl (C=O) groups is 1. The van der Waals surface area contributed by atoms with Crippen LogP contribution in [0.25, 0.3) is 0 Å². The fourth-order valence-electron chi connectivity index (χ4n) is 2.88. The number of aryl methyl sites for hydroxylation is 1. The lowest BCUT2D eigenvalue weighted by Gasteiger charge is -2.38. The average molecular weight is 436 g/mol. The number of nitrogens with zero attached hydrogens (tertiary/aromatic N) is 1. The summed E-state index contributed by atoms with van der Waals surface area (Å²) in [5.74, 6) is -0.307. The monoisotopic (exact) mass is 435 g/mol. The Kier molecular flexibility index (Phi) is 6.97. The van der Waals surface area contributed by atoms with Gasteiger partial charge >= 0.3 is 0 Å². The van der Waals surface area contributed by atoms with Crippen molar-refractivity contribution in [2.24, 2.45) is 0 Å². The van der Waals surface area contributed by atoms with Gasteiger partial charge in [-0.15, -0.1) is 0 Å². The van der Waals surface area contributed by atoms with E-state index in [9.17, 15) is 13.2 Å². The van der Waals surface area contributed by atoms with Crippen molar-refractivity contribution in [3.63, 3.8) is 0 Å². The Morgan fingerprint density at radius 2 is 1.83 bits per heavy atom. The van der Waals surface area contributed by atoms with Crippen LogP contribution in [0.15, 0.2) is 53.1 Å². The van der Waals surface area contributed by atoms with Gasteiger partial charge in [-0.1, -0.05) is 50.6 Å². The van der Waals surface area contributed by atoms with Crippen molar-refractivity contribution < 1.29 is 17.6 Å². The van der Waals surface area contributed by atoms with E-state index >= 15 is 0 Å². The molecule has 1 aliphatic rings. The van der Waals surface area contributed by atoms with Crippen molar-refractivity contribution in [3.05, 3.63) is 53.8 Å². The molecule has 0 aliphatic carbocycles. The second kappa shape index (κ2) is 8.58. The van der Waals surface area contributed by atoms with Gasteiger partial charge < -0.3 is 4.43 Å². The molecule has 0 N–H and O–H groups in total. The molecule has 1 aromatic rings. The van der Waals surface area contributed by atoms with E-state index in [4.69, 9.17) is 4.43 Å². The molecule has 0 spiro atoms. The van der Waals surface area contributed by atoms with Gasteiger partial charge in [0.25, 0.3) is 10.0 Å². The first kappa shape index (κ1) is 23.6. The van der Waals surface area contributed by atoms with Crippen molar-refractivity contribution in [3.8, 4) is 0 Å². The molecule has 0 aromatic heterocycles. The van der Waals surface area contributed by atoms with Crippen molar-refractivity contribution in [2.75, 3.05) is 6.61 Å². The molecule has 1 aliphatic heterocycles. The van der Waals surface area contributed by atoms with Crippen molar-refractivity contribution in [1.29, 1.82) is 0 Å². The summed E-state index contributed by atoms with van der Waals surface area (Å²) in [6, 6.07) is 6.28. The minimum atomic E-state index is -3.87. The number of sulfonamides is 1. The molecule has 0 amide bonds. The van der Waals surface area contributed by atoms with Crippen LogP contribution in [0.1, 0.15) is 39.7 Å². The van der Waals surface area contributed by atoms with Gasteiger partial charge in [0.2, 0.25) is 5.78 Å². The fraction of sp³-hybridized carbons (Fsp3) is 0.500. The molecule has 1 aromatic carbocycles. The van der Waals surface area contributed by atoms with Crippen molar-refractivity contribution in [2.45, 2.75) is 70.1 Å². The third kappa shape index (κ3) is 5.08. The van der Waals surface area contributed by atoms with Gasteiger partial charge in [-0.05, 0) is 56.6 Å². The molecule has 160 valence electrons. The van der Waals surface area contributed by atoms with Crippen LogP contribution in [-0.2, 0) is 19.2 Å². The van der Waals surface area contributed by atoms with E-state index in [-0.39, 0.29) is 28.0 Å². The maximum Gasteiger partial charge on any atom is 0.264 e. The Labute approximate surface area is 176 Å². The van der Waals surface area contributed by atoms with E-state index in [0.717, 1.165) is 5.56 Å². The molecule has 5 nitrogen and oxygen atoms in total. The van der Waals surface area contributed by atoms with Gasteiger partial charge in [-0.2, -0.15) is 0 Å². The Morgan fingerprint density at radius 3 is 2.34 bits per heavy atom. The quantitative estimate of drug-likeness (QED) is 0.455. The molecule has 7 heteroatoms. The van der Waals surface area contributed by atoms with Crippen LogP contribution in [0.3, 0.4) is 0 Å². The van der Waals surface area contributed by atoms with E-state index in [0.29, 0.717) is 6.42 Å². The topological polar surface area (TPSA) is 63.7 Å². The third-order valence-corrected chi connectivity index (χ3v) is 12.1. The molecule has 0 bridgehead atoms. The maximum atomic E-state index is 13.5. The van der Waals surface area contributed by atoms with Crippen LogP contribution in [0.4, 0.5) is 0 Å². The van der Waals surface area contributed by atoms with Gasteiger partial charge in [-0.25, -0.2) is 8.42 Å². The predicted octanol–water partition coefficient (Wildman–Crippen LogP) is 4.81. The zero-order valence-corrected chi connectivity index (χ0v) is 20.3. The number of hydrogen-bond donors (Lipinski definition) is 0. The van der Waals surface area contributed by atoms with Crippen molar-refractivity contribution in [1.82, 2.24) is 4.31 Å². The highest BCUT2D eigenvalue weighted by molar-refractivity contribution is 7.89. The molecule has 0 unspecified atom stereocenters. The lowest BCUT2D eigenvalue weighted by molar-refractivity contribution is -0.112. The zero-order valence-electron chi connectivity index (χ0n) is 18.5. The summed E-state index contributed by atoms with van der Waals surface area (Å²) in [7, 11) is -5.93. The molecule has 1 atom stereocenters. The van der Waals surface area contributed by atoms with E-state index in [1.54, 1.807) is 43.3 Å². The highest BCUT2D eigenvalue weighted by Gasteiger charge is 2.42. The molecule has 1 heterocycles. The summed E-state index contributed by atoms with van der Waals surface area (Å²) >= 11 is 0. The summed E-state index contributed by atoms with van der Waals surface area (Å²) in [5.41, 5.74) is 1.18. The number of carbonyl (C=O) groups excluding carboxylic acids is 1. The Morgan fingerprint density at radius 1 is 1.24 bits per heavy atom. The number of ketones is 1. The third-order valence-electron chi connectivity index (χ3n) is 5.74. The van der Waals surface area contributed by atoms with Crippen molar-refractivity contribution >= 4 is 24.1 Å². The smallest absolute Gasteiger partial charge is 0.264 e. The van der Waals surface area contributed by atoms with E-state index in [2.05, 4.69) is 33.9 Å². The summed E-state index contributed by atoms with van der Waals surface area (Å²) < 4.78 is 34.5. The summed E-state index contributed by atoms with van der Waals surface area (Å²) in [6.45, 7) is 14.6. The number of allylic oxidation sites excluding steroid dienone is 2. The molecular weight excluding hydrogens is 402 g/mol. The number of benzene rings is 1. The summed E-state index contributed by atoms with van der Waals surface area (Å²) in [4.78, 5) is 12.8. The highest BCUT2D eigenvalue weighted by Crippen LogP contribution is 2.38. The van der Waals surface area contributed by atoms with Crippen LogP contribution in [-0.4, -0.2) is 39.5 Å². The largest absolute Gasteiger partial charge is 0.415 e. The lowest BCUT2D eigenvalue weighted by atomic mass is 10.2. The highest BCUT2D eigenvalue weighted by atomic mass is 32.2. The van der Waals surface area contributed by atoms with Gasteiger partial charge in [0.15, 0.2) is 8.32 Å². The summed E-state index contributed by atoms with van der Waals surface area (Å²) in [6.07, 6.45) is 5.20. The number of hydrogen-bond acceptors (Lipinski definition) is 4. The van der Waals surface area contributed by atoms with E-state index < -0.39 is 24.4 Å². The SMILES string of the molecule is C/C=C/C(=O)C1=CC[C@@H](CO[Si](C)(C)C(C)(C)C)N1S(=O)(=O)c1ccc(C)cc1. The molecule has 2 rings (SSSR count). The first-order valence-electron chi connectivity index (χ1n) is 9.93. The van der Waals surface area contributed by atoms with Crippen LogP contribution in [0, 0.1) is 6.92 Å². The minimum absolute atomic E-state index is 0.0172. The second-order valence-electron chi connectivity index (χ2n) is 9.03. The zero-order chi connectivity index (χ0) is 22.0. The normalized spacial score (nSPS) is 18.4. The van der Waals surface area contributed by atoms with Crippen LogP contribution in [0.5, 0.6) is 0 Å². The van der Waals surface area contributed by atoms with Gasteiger partial charge in [0, 0.05) is 0 Å². The first-order valence-corrected chi connectivity index (χ1v) is 14.3. The van der Waals surface area contributed by atoms with Crippen LogP contribution in [0.2, 0.25) is 18.1 Å². The molecule has 0 fully saturated rings. The minimum Gasteiger partial charge on any atom is -0.415 e. The van der Waals surface area contributed by atoms with Gasteiger partial charge in [0.05, 0.1) is 23.2 Å². The Hall–Kier alpha value is -1.70. The molecule has 0 radical (unpaired) electrons. The second-order valence-corrected chi connectivity index (χ2v) is 15.7. The molecule has 29 heavy (non-hydrogen) atoms. The van der Waals surface area contributed by atoms with Crippen LogP contribution >= 0.6 is 0 Å². The number of rotatable bonds is 7. The molecule has 0 saturated carbocycles. The Bertz CT molecular complexity index is 909. The predicted molar refractivity (Wildman–Crippen MR) is 120 cm³/mol. The summed E-state index contributed by atoms with van der Waals surface area (Å²) in [5, 5.41) is 0.0172. The van der Waals surface area contributed by atoms with Crippen LogP contribution < -0.4 is 0 Å². The van der Waals surface area contributed by atoms with Gasteiger partial charge in [-0.3, -0.25) is 9.10 Å². The standard InChI is InChI=1S/C22H33NO4SSi/c1-8-9-21(24)20-15-12-18(16-27-29(6,7)22(3,4)5)23(20)28(25,26)19-13-10-17(2)11-14-19/h8-11,13-15,18H,12,16H2,1-7H3/b9-8+/t18-/m0/s1. The van der Waals surface area contributed by atoms with E-state index in [1.807, 2.05) is 6.92 Å². The molecule has 0 saturated heterocycles. The average Bonchev–Trinajstić information content (AvgIpc) is 3.04. The fourth-order valence-corrected chi connectivity index (χ4v) is 5.59. The van der Waals surface area contributed by atoms with E-state index in [1.165, 1.54) is 10.4 Å². The maximum absolute atomic E-state index is 13.5. The molecular formula is C22H33NO4SSi.